The van der Waals surface area contributed by atoms with Crippen molar-refractivity contribution in [2.24, 2.45) is 0 Å². The van der Waals surface area contributed by atoms with E-state index in [0.717, 1.165) is 10.0 Å². The molecule has 0 spiro atoms. The summed E-state index contributed by atoms with van der Waals surface area (Å²) < 4.78 is 55.1. The van der Waals surface area contributed by atoms with Gasteiger partial charge in [0.1, 0.15) is 17.9 Å². The zero-order valence-electron chi connectivity index (χ0n) is 14.5. The van der Waals surface area contributed by atoms with Crippen LogP contribution in [-0.2, 0) is 17.9 Å². The predicted molar refractivity (Wildman–Crippen MR) is 101 cm³/mol. The summed E-state index contributed by atoms with van der Waals surface area (Å²) in [5, 5.41) is 9.19. The standard InChI is InChI=1S/C17H13BrClF4N5O/c18-10-5-24-27(7-10)6-9-2-1-3-11(4-9)25-12(29)8-28-15(17(22)23)13(19)14(26-28)16(20)21/h1-5,7,16-17H,6,8H2,(H,25,29). The Bertz CT molecular complexity index is 1020. The molecular formula is C17H13BrClF4N5O. The van der Waals surface area contributed by atoms with Crippen LogP contribution in [0.25, 0.3) is 0 Å². The van der Waals surface area contributed by atoms with Crippen molar-refractivity contribution in [3.05, 3.63) is 63.1 Å². The highest BCUT2D eigenvalue weighted by Crippen LogP contribution is 2.34. The molecule has 2 aromatic heterocycles. The average Bonchev–Trinajstić information content (AvgIpc) is 3.18. The lowest BCUT2D eigenvalue weighted by molar-refractivity contribution is -0.117. The van der Waals surface area contributed by atoms with Crippen molar-refractivity contribution in [2.75, 3.05) is 5.32 Å². The van der Waals surface area contributed by atoms with Crippen molar-refractivity contribution in [1.82, 2.24) is 19.6 Å². The number of carbonyl (C=O) groups is 1. The molecule has 6 nitrogen and oxygen atoms in total. The molecule has 0 saturated carbocycles. The molecule has 2 heterocycles. The first-order valence-corrected chi connectivity index (χ1v) is 9.31. The maximum absolute atomic E-state index is 13.2. The van der Waals surface area contributed by atoms with Gasteiger partial charge in [-0.2, -0.15) is 10.2 Å². The van der Waals surface area contributed by atoms with E-state index in [0.29, 0.717) is 16.9 Å². The van der Waals surface area contributed by atoms with E-state index in [1.807, 2.05) is 6.07 Å². The number of anilines is 1. The lowest BCUT2D eigenvalue weighted by Gasteiger charge is -2.10. The van der Waals surface area contributed by atoms with Crippen LogP contribution >= 0.6 is 27.5 Å². The van der Waals surface area contributed by atoms with E-state index in [9.17, 15) is 22.4 Å². The van der Waals surface area contributed by atoms with Gasteiger partial charge in [-0.25, -0.2) is 17.6 Å². The van der Waals surface area contributed by atoms with Crippen LogP contribution in [0.1, 0.15) is 29.8 Å². The van der Waals surface area contributed by atoms with E-state index in [1.54, 1.807) is 35.3 Å². The van der Waals surface area contributed by atoms with Crippen molar-refractivity contribution >= 4 is 39.1 Å². The normalized spacial score (nSPS) is 11.4. The van der Waals surface area contributed by atoms with Gasteiger partial charge >= 0.3 is 0 Å². The van der Waals surface area contributed by atoms with E-state index in [2.05, 4.69) is 31.4 Å². The Hall–Kier alpha value is -2.40. The summed E-state index contributed by atoms with van der Waals surface area (Å²) in [4.78, 5) is 12.2. The second-order valence-corrected chi connectivity index (χ2v) is 7.24. The number of nitrogens with one attached hydrogen (secondary N) is 1. The monoisotopic (exact) mass is 493 g/mol. The minimum atomic E-state index is -3.16. The highest BCUT2D eigenvalue weighted by Gasteiger charge is 2.28. The fourth-order valence-corrected chi connectivity index (χ4v) is 3.26. The topological polar surface area (TPSA) is 64.7 Å². The van der Waals surface area contributed by atoms with Gasteiger partial charge in [0.2, 0.25) is 5.91 Å². The number of hydrogen-bond acceptors (Lipinski definition) is 3. The Morgan fingerprint density at radius 1 is 1.24 bits per heavy atom. The fourth-order valence-electron chi connectivity index (χ4n) is 2.64. The zero-order valence-corrected chi connectivity index (χ0v) is 16.8. The number of nitrogens with zero attached hydrogens (tertiary/aromatic N) is 4. The van der Waals surface area contributed by atoms with Crippen LogP contribution < -0.4 is 5.32 Å². The summed E-state index contributed by atoms with van der Waals surface area (Å²) in [6.45, 7) is -0.250. The summed E-state index contributed by atoms with van der Waals surface area (Å²) in [5.41, 5.74) is -0.671. The van der Waals surface area contributed by atoms with Crippen molar-refractivity contribution in [3.8, 4) is 0 Å². The van der Waals surface area contributed by atoms with E-state index < -0.39 is 41.7 Å². The smallest absolute Gasteiger partial charge is 0.283 e. The Morgan fingerprint density at radius 2 is 2.00 bits per heavy atom. The van der Waals surface area contributed by atoms with Crippen LogP contribution in [0, 0.1) is 0 Å². The molecule has 3 aromatic rings. The first-order chi connectivity index (χ1) is 13.7. The van der Waals surface area contributed by atoms with Crippen molar-refractivity contribution in [1.29, 1.82) is 0 Å². The fraction of sp³-hybridized carbons (Fsp3) is 0.235. The Morgan fingerprint density at radius 3 is 2.62 bits per heavy atom. The van der Waals surface area contributed by atoms with Gasteiger partial charge < -0.3 is 5.32 Å². The number of amides is 1. The molecule has 1 N–H and O–H groups in total. The number of alkyl halides is 4. The number of aromatic nitrogens is 4. The molecule has 154 valence electrons. The van der Waals surface area contributed by atoms with Gasteiger partial charge in [-0.15, -0.1) is 0 Å². The second kappa shape index (κ2) is 8.95. The van der Waals surface area contributed by atoms with Gasteiger partial charge in [0, 0.05) is 11.9 Å². The highest BCUT2D eigenvalue weighted by molar-refractivity contribution is 9.10. The van der Waals surface area contributed by atoms with E-state index in [-0.39, 0.29) is 0 Å². The van der Waals surface area contributed by atoms with Crippen LogP contribution in [0.2, 0.25) is 5.02 Å². The zero-order chi connectivity index (χ0) is 21.1. The molecule has 0 unspecified atom stereocenters. The third-order valence-electron chi connectivity index (χ3n) is 3.82. The summed E-state index contributed by atoms with van der Waals surface area (Å²) in [6.07, 6.45) is -2.88. The molecule has 0 aliphatic heterocycles. The van der Waals surface area contributed by atoms with Crippen molar-refractivity contribution in [3.63, 3.8) is 0 Å². The number of hydrogen-bond donors (Lipinski definition) is 1. The number of rotatable bonds is 7. The van der Waals surface area contributed by atoms with Crippen molar-refractivity contribution < 1.29 is 22.4 Å². The molecule has 0 radical (unpaired) electrons. The predicted octanol–water partition coefficient (Wildman–Crippen LogP) is 5.06. The van der Waals surface area contributed by atoms with Gasteiger partial charge in [-0.3, -0.25) is 14.2 Å². The first-order valence-electron chi connectivity index (χ1n) is 8.13. The van der Waals surface area contributed by atoms with Gasteiger partial charge in [0.05, 0.1) is 22.2 Å². The van der Waals surface area contributed by atoms with Gasteiger partial charge in [-0.05, 0) is 33.6 Å². The van der Waals surface area contributed by atoms with Crippen LogP contribution in [0.5, 0.6) is 0 Å². The Kier molecular flexibility index (Phi) is 6.58. The summed E-state index contributed by atoms with van der Waals surface area (Å²) in [5.74, 6) is -0.717. The van der Waals surface area contributed by atoms with Gasteiger partial charge in [0.15, 0.2) is 0 Å². The Balaban J connectivity index is 1.73. The highest BCUT2D eigenvalue weighted by atomic mass is 79.9. The van der Waals surface area contributed by atoms with Crippen LogP contribution in [0.3, 0.4) is 0 Å². The lowest BCUT2D eigenvalue weighted by Crippen LogP contribution is -2.21. The minimum absolute atomic E-state index is 0.407. The SMILES string of the molecule is O=C(Cn1nc(C(F)F)c(Cl)c1C(F)F)Nc1cccc(Cn2cc(Br)cn2)c1. The molecule has 0 atom stereocenters. The maximum atomic E-state index is 13.2. The molecule has 29 heavy (non-hydrogen) atoms. The molecule has 1 aromatic carbocycles. The van der Waals surface area contributed by atoms with Gasteiger partial charge in [-0.1, -0.05) is 23.7 Å². The Labute approximate surface area is 175 Å². The summed E-state index contributed by atoms with van der Waals surface area (Å²) in [7, 11) is 0. The minimum Gasteiger partial charge on any atom is -0.324 e. The first kappa shape index (κ1) is 21.3. The number of halogens is 6. The van der Waals surface area contributed by atoms with Crippen LogP contribution in [-0.4, -0.2) is 25.5 Å². The molecule has 3 rings (SSSR count). The molecule has 0 aliphatic carbocycles. The van der Waals surface area contributed by atoms with E-state index in [4.69, 9.17) is 11.6 Å². The molecule has 0 saturated heterocycles. The number of benzene rings is 1. The second-order valence-electron chi connectivity index (χ2n) is 5.95. The number of carbonyl (C=O) groups excluding carboxylic acids is 1. The summed E-state index contributed by atoms with van der Waals surface area (Å²) in [6, 6.07) is 6.81. The molecule has 12 heteroatoms. The molecular weight excluding hydrogens is 482 g/mol. The van der Waals surface area contributed by atoms with Crippen LogP contribution in [0.4, 0.5) is 23.2 Å². The largest absolute Gasteiger partial charge is 0.324 e. The van der Waals surface area contributed by atoms with Crippen LogP contribution in [0.15, 0.2) is 41.1 Å². The molecule has 0 bridgehead atoms. The molecule has 0 fully saturated rings. The van der Waals surface area contributed by atoms with E-state index in [1.165, 1.54) is 0 Å². The average molecular weight is 495 g/mol. The molecule has 0 aliphatic rings. The lowest BCUT2D eigenvalue weighted by atomic mass is 10.2. The third kappa shape index (κ3) is 5.15. The quantitative estimate of drug-likeness (QED) is 0.467. The van der Waals surface area contributed by atoms with Crippen molar-refractivity contribution in [2.45, 2.75) is 25.9 Å². The third-order valence-corrected chi connectivity index (χ3v) is 4.62. The van der Waals surface area contributed by atoms with E-state index >= 15 is 0 Å². The summed E-state index contributed by atoms with van der Waals surface area (Å²) >= 11 is 8.87. The maximum Gasteiger partial charge on any atom is 0.283 e. The molecule has 1 amide bonds. The van der Waals surface area contributed by atoms with Gasteiger partial charge in [0.25, 0.3) is 12.9 Å².